The van der Waals surface area contributed by atoms with Crippen LogP contribution >= 0.6 is 0 Å². The zero-order valence-electron chi connectivity index (χ0n) is 11.8. The predicted molar refractivity (Wildman–Crippen MR) is 72.5 cm³/mol. The summed E-state index contributed by atoms with van der Waals surface area (Å²) in [6.45, 7) is 3.41. The maximum atomic E-state index is 12.6. The topological polar surface area (TPSA) is 40.6 Å². The van der Waals surface area contributed by atoms with Crippen molar-refractivity contribution in [3.8, 4) is 0 Å². The maximum Gasteiger partial charge on any atom is 0.246 e. The van der Waals surface area contributed by atoms with Gasteiger partial charge in [-0.25, -0.2) is 0 Å². The Morgan fingerprint density at radius 2 is 1.79 bits per heavy atom. The van der Waals surface area contributed by atoms with Crippen LogP contribution in [0.3, 0.4) is 0 Å². The normalized spacial score (nSPS) is 36.4. The molecule has 4 nitrogen and oxygen atoms in total. The van der Waals surface area contributed by atoms with Crippen LogP contribution in [0.1, 0.15) is 51.9 Å². The van der Waals surface area contributed by atoms with E-state index >= 15 is 0 Å². The van der Waals surface area contributed by atoms with Crippen LogP contribution < -0.4 is 0 Å². The van der Waals surface area contributed by atoms with Crippen molar-refractivity contribution in [2.45, 2.75) is 64.0 Å². The van der Waals surface area contributed by atoms with E-state index in [1.165, 1.54) is 19.3 Å². The molecule has 0 aromatic carbocycles. The van der Waals surface area contributed by atoms with Crippen molar-refractivity contribution in [2.75, 3.05) is 13.1 Å². The third kappa shape index (κ3) is 2.37. The van der Waals surface area contributed by atoms with E-state index in [9.17, 15) is 9.59 Å². The van der Waals surface area contributed by atoms with E-state index in [2.05, 4.69) is 6.92 Å². The fourth-order valence-corrected chi connectivity index (χ4v) is 3.92. The molecule has 0 radical (unpaired) electrons. The van der Waals surface area contributed by atoms with Gasteiger partial charge in [0.2, 0.25) is 11.8 Å². The molecule has 2 saturated heterocycles. The first-order valence-electron chi connectivity index (χ1n) is 7.77. The van der Waals surface area contributed by atoms with Crippen LogP contribution in [0.25, 0.3) is 0 Å². The third-order valence-electron chi connectivity index (χ3n) is 5.11. The molecule has 3 unspecified atom stereocenters. The number of hydrogen-bond acceptors (Lipinski definition) is 2. The summed E-state index contributed by atoms with van der Waals surface area (Å²) in [6.07, 6.45) is 7.65. The number of rotatable bonds is 1. The third-order valence-corrected chi connectivity index (χ3v) is 5.11. The standard InChI is InChI=1S/C15H24N2O2/c1-11-4-2-5-12(8-7-11)17-10-14(18)16-9-3-6-13(16)15(17)19/h11-13H,2-10H2,1H3. The largest absolute Gasteiger partial charge is 0.329 e. The molecule has 19 heavy (non-hydrogen) atoms. The second-order valence-electron chi connectivity index (χ2n) is 6.48. The van der Waals surface area contributed by atoms with Crippen LogP contribution in [-0.4, -0.2) is 46.8 Å². The summed E-state index contributed by atoms with van der Waals surface area (Å²) in [6, 6.07) is 0.172. The van der Waals surface area contributed by atoms with E-state index in [0.29, 0.717) is 12.6 Å². The minimum atomic E-state index is -0.137. The quantitative estimate of drug-likeness (QED) is 0.677. The Morgan fingerprint density at radius 1 is 0.947 bits per heavy atom. The number of amides is 2. The molecule has 0 N–H and O–H groups in total. The lowest BCUT2D eigenvalue weighted by molar-refractivity contribution is -0.156. The van der Waals surface area contributed by atoms with Crippen LogP contribution in [0.5, 0.6) is 0 Å². The van der Waals surface area contributed by atoms with Gasteiger partial charge in [-0.1, -0.05) is 19.8 Å². The number of nitrogens with zero attached hydrogens (tertiary/aromatic N) is 2. The van der Waals surface area contributed by atoms with Crippen molar-refractivity contribution in [3.05, 3.63) is 0 Å². The highest BCUT2D eigenvalue weighted by molar-refractivity contribution is 5.95. The van der Waals surface area contributed by atoms with Crippen LogP contribution in [0.15, 0.2) is 0 Å². The molecule has 0 aromatic rings. The number of hydrogen-bond donors (Lipinski definition) is 0. The van der Waals surface area contributed by atoms with Crippen molar-refractivity contribution in [3.63, 3.8) is 0 Å². The summed E-state index contributed by atoms with van der Waals surface area (Å²) in [4.78, 5) is 28.4. The lowest BCUT2D eigenvalue weighted by atomic mass is 10.0. The number of carbonyl (C=O) groups excluding carboxylic acids is 2. The summed E-state index contributed by atoms with van der Waals surface area (Å²) < 4.78 is 0. The SMILES string of the molecule is CC1CCCC(N2CC(=O)N3CCCC3C2=O)CC1. The first-order valence-corrected chi connectivity index (χ1v) is 7.77. The molecule has 2 aliphatic heterocycles. The smallest absolute Gasteiger partial charge is 0.246 e. The van der Waals surface area contributed by atoms with E-state index in [4.69, 9.17) is 0 Å². The first-order chi connectivity index (χ1) is 9.16. The van der Waals surface area contributed by atoms with Gasteiger partial charge < -0.3 is 9.80 Å². The molecule has 106 valence electrons. The number of carbonyl (C=O) groups is 2. The van der Waals surface area contributed by atoms with Gasteiger partial charge in [-0.05, 0) is 38.0 Å². The highest BCUT2D eigenvalue weighted by Gasteiger charge is 2.43. The molecule has 0 spiro atoms. The Morgan fingerprint density at radius 3 is 2.63 bits per heavy atom. The molecule has 3 aliphatic rings. The summed E-state index contributed by atoms with van der Waals surface area (Å²) in [5.74, 6) is 1.15. The molecule has 1 aliphatic carbocycles. The fraction of sp³-hybridized carbons (Fsp3) is 0.867. The van der Waals surface area contributed by atoms with Crippen molar-refractivity contribution in [2.24, 2.45) is 5.92 Å². The molecule has 0 aromatic heterocycles. The van der Waals surface area contributed by atoms with E-state index in [-0.39, 0.29) is 17.9 Å². The van der Waals surface area contributed by atoms with Gasteiger partial charge in [-0.3, -0.25) is 9.59 Å². The van der Waals surface area contributed by atoms with Crippen LogP contribution in [0.2, 0.25) is 0 Å². The zero-order chi connectivity index (χ0) is 13.4. The van der Waals surface area contributed by atoms with Gasteiger partial charge in [0.1, 0.15) is 12.6 Å². The Bertz CT molecular complexity index is 382. The minimum Gasteiger partial charge on any atom is -0.329 e. The van der Waals surface area contributed by atoms with Gasteiger partial charge in [0.15, 0.2) is 0 Å². The maximum absolute atomic E-state index is 12.6. The minimum absolute atomic E-state index is 0.137. The molecule has 2 heterocycles. The molecule has 1 saturated carbocycles. The van der Waals surface area contributed by atoms with Crippen LogP contribution in [0.4, 0.5) is 0 Å². The monoisotopic (exact) mass is 264 g/mol. The highest BCUT2D eigenvalue weighted by atomic mass is 16.2. The second kappa shape index (κ2) is 5.14. The summed E-state index contributed by atoms with van der Waals surface area (Å²) in [5, 5.41) is 0. The van der Waals surface area contributed by atoms with Gasteiger partial charge in [-0.15, -0.1) is 0 Å². The van der Waals surface area contributed by atoms with Gasteiger partial charge in [-0.2, -0.15) is 0 Å². The lowest BCUT2D eigenvalue weighted by Crippen LogP contribution is -2.59. The Kier molecular flexibility index (Phi) is 3.50. The van der Waals surface area contributed by atoms with Gasteiger partial charge in [0, 0.05) is 12.6 Å². The zero-order valence-corrected chi connectivity index (χ0v) is 11.8. The Hall–Kier alpha value is -1.06. The summed E-state index contributed by atoms with van der Waals surface area (Å²) in [5.41, 5.74) is 0. The molecule has 3 fully saturated rings. The average Bonchev–Trinajstić information content (AvgIpc) is 2.79. The number of piperazine rings is 1. The van der Waals surface area contributed by atoms with Crippen molar-refractivity contribution in [1.82, 2.24) is 9.80 Å². The van der Waals surface area contributed by atoms with Crippen molar-refractivity contribution >= 4 is 11.8 Å². The molecular weight excluding hydrogens is 240 g/mol. The molecule has 3 rings (SSSR count). The van der Waals surface area contributed by atoms with E-state index in [0.717, 1.165) is 38.1 Å². The highest BCUT2D eigenvalue weighted by Crippen LogP contribution is 2.30. The Labute approximate surface area is 115 Å². The Balaban J connectivity index is 1.73. The van der Waals surface area contributed by atoms with E-state index in [1.54, 1.807) is 4.90 Å². The summed E-state index contributed by atoms with van der Waals surface area (Å²) >= 11 is 0. The summed E-state index contributed by atoms with van der Waals surface area (Å²) in [7, 11) is 0. The van der Waals surface area contributed by atoms with Gasteiger partial charge in [0.05, 0.1) is 0 Å². The molecule has 4 heteroatoms. The van der Waals surface area contributed by atoms with Crippen LogP contribution in [-0.2, 0) is 9.59 Å². The van der Waals surface area contributed by atoms with Crippen LogP contribution in [0, 0.1) is 5.92 Å². The van der Waals surface area contributed by atoms with E-state index in [1.807, 2.05) is 4.90 Å². The van der Waals surface area contributed by atoms with Crippen molar-refractivity contribution in [1.29, 1.82) is 0 Å². The number of fused-ring (bicyclic) bond motifs is 1. The first kappa shape index (κ1) is 12.9. The predicted octanol–water partition coefficient (Wildman–Crippen LogP) is 1.79. The van der Waals surface area contributed by atoms with Gasteiger partial charge >= 0.3 is 0 Å². The van der Waals surface area contributed by atoms with Crippen molar-refractivity contribution < 1.29 is 9.59 Å². The van der Waals surface area contributed by atoms with E-state index < -0.39 is 0 Å². The van der Waals surface area contributed by atoms with Gasteiger partial charge in [0.25, 0.3) is 0 Å². The second-order valence-corrected chi connectivity index (χ2v) is 6.48. The molecule has 2 amide bonds. The molecule has 3 atom stereocenters. The average molecular weight is 264 g/mol. The fourth-order valence-electron chi connectivity index (χ4n) is 3.92. The molecule has 0 bridgehead atoms. The lowest BCUT2D eigenvalue weighted by Gasteiger charge is -2.40. The molecular formula is C15H24N2O2.